The molecular formula is C14H30N2O. The maximum atomic E-state index is 5.75. The maximum Gasteiger partial charge on any atom is 0.0673 e. The maximum absolute atomic E-state index is 5.75. The molecule has 0 aromatic carbocycles. The Morgan fingerprint density at radius 1 is 1.18 bits per heavy atom. The highest BCUT2D eigenvalue weighted by molar-refractivity contribution is 4.80. The van der Waals surface area contributed by atoms with Crippen LogP contribution in [0.25, 0.3) is 0 Å². The van der Waals surface area contributed by atoms with Crippen molar-refractivity contribution in [2.24, 2.45) is 0 Å². The van der Waals surface area contributed by atoms with Crippen molar-refractivity contribution in [1.82, 2.24) is 10.2 Å². The molecule has 1 saturated carbocycles. The third kappa shape index (κ3) is 9.57. The molecule has 1 rings (SSSR count). The number of unbranched alkanes of at least 4 members (excludes halogenated alkanes) is 3. The summed E-state index contributed by atoms with van der Waals surface area (Å²) in [4.78, 5) is 2.17. The Morgan fingerprint density at radius 3 is 2.53 bits per heavy atom. The van der Waals surface area contributed by atoms with Crippen LogP contribution >= 0.6 is 0 Å². The molecule has 0 spiro atoms. The van der Waals surface area contributed by atoms with E-state index in [9.17, 15) is 0 Å². The van der Waals surface area contributed by atoms with Crippen LogP contribution < -0.4 is 5.32 Å². The van der Waals surface area contributed by atoms with Gasteiger partial charge in [-0.1, -0.05) is 12.8 Å². The Labute approximate surface area is 107 Å². The molecule has 102 valence electrons. The molecule has 17 heavy (non-hydrogen) atoms. The Morgan fingerprint density at radius 2 is 1.88 bits per heavy atom. The molecule has 1 atom stereocenters. The molecule has 3 heteroatoms. The van der Waals surface area contributed by atoms with Gasteiger partial charge in [0.25, 0.3) is 0 Å². The molecule has 0 aromatic rings. The Balaban J connectivity index is 1.74. The van der Waals surface area contributed by atoms with Crippen LogP contribution in [-0.4, -0.2) is 50.8 Å². The van der Waals surface area contributed by atoms with Crippen molar-refractivity contribution >= 4 is 0 Å². The topological polar surface area (TPSA) is 24.5 Å². The standard InChI is InChI=1S/C14H30N2O/c1-13(12-16(2)3)17-11-7-5-4-6-10-15-14-8-9-14/h13-15H,4-12H2,1-3H3. The van der Waals surface area contributed by atoms with Gasteiger partial charge in [-0.05, 0) is 53.2 Å². The lowest BCUT2D eigenvalue weighted by Crippen LogP contribution is -2.26. The number of nitrogens with one attached hydrogen (secondary N) is 1. The first-order chi connectivity index (χ1) is 8.18. The third-order valence-electron chi connectivity index (χ3n) is 3.11. The van der Waals surface area contributed by atoms with Crippen molar-refractivity contribution in [2.45, 2.75) is 57.6 Å². The third-order valence-corrected chi connectivity index (χ3v) is 3.11. The predicted octanol–water partition coefficient (Wildman–Crippen LogP) is 2.27. The number of hydrogen-bond acceptors (Lipinski definition) is 3. The van der Waals surface area contributed by atoms with E-state index in [1.54, 1.807) is 0 Å². The molecule has 0 heterocycles. The predicted molar refractivity (Wildman–Crippen MR) is 73.5 cm³/mol. The van der Waals surface area contributed by atoms with Gasteiger partial charge in [0, 0.05) is 19.2 Å². The molecule has 0 aromatic heterocycles. The molecule has 3 nitrogen and oxygen atoms in total. The summed E-state index contributed by atoms with van der Waals surface area (Å²) >= 11 is 0. The van der Waals surface area contributed by atoms with Gasteiger partial charge in [-0.25, -0.2) is 0 Å². The summed E-state index contributed by atoms with van der Waals surface area (Å²) < 4.78 is 5.75. The van der Waals surface area contributed by atoms with Crippen LogP contribution in [0.1, 0.15) is 45.4 Å². The summed E-state index contributed by atoms with van der Waals surface area (Å²) in [5.74, 6) is 0. The highest BCUT2D eigenvalue weighted by atomic mass is 16.5. The first-order valence-electron chi connectivity index (χ1n) is 7.18. The monoisotopic (exact) mass is 242 g/mol. The van der Waals surface area contributed by atoms with E-state index in [1.165, 1.54) is 45.1 Å². The average molecular weight is 242 g/mol. The van der Waals surface area contributed by atoms with E-state index in [0.29, 0.717) is 6.10 Å². The van der Waals surface area contributed by atoms with E-state index in [2.05, 4.69) is 31.2 Å². The second kappa shape index (κ2) is 8.90. The van der Waals surface area contributed by atoms with Crippen molar-refractivity contribution in [3.05, 3.63) is 0 Å². The molecular weight excluding hydrogens is 212 g/mol. The fourth-order valence-electron chi connectivity index (χ4n) is 2.03. The normalized spacial score (nSPS) is 17.6. The molecule has 0 amide bonds. The highest BCUT2D eigenvalue weighted by Crippen LogP contribution is 2.18. The summed E-state index contributed by atoms with van der Waals surface area (Å²) in [7, 11) is 4.18. The van der Waals surface area contributed by atoms with Gasteiger partial charge in [-0.15, -0.1) is 0 Å². The molecule has 0 radical (unpaired) electrons. The number of ether oxygens (including phenoxy) is 1. The zero-order chi connectivity index (χ0) is 12.5. The minimum Gasteiger partial charge on any atom is -0.377 e. The smallest absolute Gasteiger partial charge is 0.0673 e. The summed E-state index contributed by atoms with van der Waals surface area (Å²) in [6.07, 6.45) is 8.34. The molecule has 1 aliphatic rings. The number of likely N-dealkylation sites (N-methyl/N-ethyl adjacent to an activating group) is 1. The summed E-state index contributed by atoms with van der Waals surface area (Å²) in [6, 6.07) is 0.866. The van der Waals surface area contributed by atoms with Gasteiger partial charge in [0.1, 0.15) is 0 Å². The van der Waals surface area contributed by atoms with Gasteiger partial charge in [-0.2, -0.15) is 0 Å². The molecule has 1 fully saturated rings. The summed E-state index contributed by atoms with van der Waals surface area (Å²) in [5, 5.41) is 3.55. The highest BCUT2D eigenvalue weighted by Gasteiger charge is 2.19. The van der Waals surface area contributed by atoms with Crippen molar-refractivity contribution in [2.75, 3.05) is 33.8 Å². The van der Waals surface area contributed by atoms with Crippen LogP contribution in [0.5, 0.6) is 0 Å². The molecule has 0 aliphatic heterocycles. The fraction of sp³-hybridized carbons (Fsp3) is 1.00. The van der Waals surface area contributed by atoms with Gasteiger partial charge in [0.05, 0.1) is 6.10 Å². The van der Waals surface area contributed by atoms with Crippen LogP contribution in [0.15, 0.2) is 0 Å². The van der Waals surface area contributed by atoms with Gasteiger partial charge < -0.3 is 15.0 Å². The minimum atomic E-state index is 0.363. The minimum absolute atomic E-state index is 0.363. The Hall–Kier alpha value is -0.120. The second-order valence-electron chi connectivity index (χ2n) is 5.59. The van der Waals surface area contributed by atoms with Crippen LogP contribution in [0.4, 0.5) is 0 Å². The van der Waals surface area contributed by atoms with Crippen molar-refractivity contribution in [3.63, 3.8) is 0 Å². The molecule has 0 saturated heterocycles. The lowest BCUT2D eigenvalue weighted by Gasteiger charge is -2.17. The molecule has 0 bridgehead atoms. The van der Waals surface area contributed by atoms with Gasteiger partial charge in [0.2, 0.25) is 0 Å². The Kier molecular flexibility index (Phi) is 7.82. The largest absolute Gasteiger partial charge is 0.377 e. The van der Waals surface area contributed by atoms with Gasteiger partial charge >= 0.3 is 0 Å². The van der Waals surface area contributed by atoms with Gasteiger partial charge in [0.15, 0.2) is 0 Å². The zero-order valence-corrected chi connectivity index (χ0v) is 11.9. The zero-order valence-electron chi connectivity index (χ0n) is 11.9. The second-order valence-corrected chi connectivity index (χ2v) is 5.59. The summed E-state index contributed by atoms with van der Waals surface area (Å²) in [5.41, 5.74) is 0. The SMILES string of the molecule is CC(CN(C)C)OCCCCCCNC1CC1. The lowest BCUT2D eigenvalue weighted by molar-refractivity contribution is 0.0458. The van der Waals surface area contributed by atoms with Crippen LogP contribution in [0, 0.1) is 0 Å². The van der Waals surface area contributed by atoms with Crippen LogP contribution in [0.3, 0.4) is 0 Å². The van der Waals surface area contributed by atoms with Crippen LogP contribution in [-0.2, 0) is 4.74 Å². The van der Waals surface area contributed by atoms with Crippen molar-refractivity contribution in [1.29, 1.82) is 0 Å². The van der Waals surface area contributed by atoms with Gasteiger partial charge in [-0.3, -0.25) is 0 Å². The number of hydrogen-bond donors (Lipinski definition) is 1. The van der Waals surface area contributed by atoms with E-state index in [4.69, 9.17) is 4.74 Å². The van der Waals surface area contributed by atoms with Crippen molar-refractivity contribution < 1.29 is 4.74 Å². The van der Waals surface area contributed by atoms with E-state index in [0.717, 1.165) is 19.2 Å². The lowest BCUT2D eigenvalue weighted by atomic mass is 10.2. The average Bonchev–Trinajstić information content (AvgIpc) is 3.04. The first-order valence-corrected chi connectivity index (χ1v) is 7.18. The van der Waals surface area contributed by atoms with Crippen LogP contribution in [0.2, 0.25) is 0 Å². The summed E-state index contributed by atoms with van der Waals surface area (Å²) in [6.45, 7) is 5.30. The quantitative estimate of drug-likeness (QED) is 0.563. The molecule has 1 aliphatic carbocycles. The molecule has 1 unspecified atom stereocenters. The number of rotatable bonds is 11. The van der Waals surface area contributed by atoms with E-state index >= 15 is 0 Å². The number of nitrogens with zero attached hydrogens (tertiary/aromatic N) is 1. The van der Waals surface area contributed by atoms with E-state index in [-0.39, 0.29) is 0 Å². The Bertz CT molecular complexity index is 181. The molecule has 1 N–H and O–H groups in total. The van der Waals surface area contributed by atoms with E-state index < -0.39 is 0 Å². The van der Waals surface area contributed by atoms with E-state index in [1.807, 2.05) is 0 Å². The van der Waals surface area contributed by atoms with Crippen molar-refractivity contribution in [3.8, 4) is 0 Å². The fourth-order valence-corrected chi connectivity index (χ4v) is 2.03. The first kappa shape index (κ1) is 14.9.